The number of hydrogen-bond donors (Lipinski definition) is 0. The van der Waals surface area contributed by atoms with Crippen LogP contribution in [-0.2, 0) is 25.7 Å². The van der Waals surface area contributed by atoms with Crippen LogP contribution in [0.4, 0.5) is 5.69 Å². The number of para-hydroxylation sites is 1. The van der Waals surface area contributed by atoms with Gasteiger partial charge in [-0.05, 0) is 66.9 Å². The van der Waals surface area contributed by atoms with Crippen LogP contribution in [0.5, 0.6) is 5.75 Å². The smallest absolute Gasteiger partial charge is 0.339 e. The zero-order valence-electron chi connectivity index (χ0n) is 18.2. The van der Waals surface area contributed by atoms with Crippen LogP contribution in [0.15, 0.2) is 71.6 Å². The van der Waals surface area contributed by atoms with Gasteiger partial charge in [-0.25, -0.2) is 8.42 Å². The lowest BCUT2D eigenvalue weighted by Crippen LogP contribution is -2.33. The van der Waals surface area contributed by atoms with E-state index in [0.717, 1.165) is 5.56 Å². The zero-order chi connectivity index (χ0) is 23.8. The molecule has 0 aromatic heterocycles. The number of benzene rings is 3. The monoisotopic (exact) mass is 485 g/mol. The average molecular weight is 486 g/mol. The van der Waals surface area contributed by atoms with Crippen LogP contribution in [0.1, 0.15) is 27.0 Å². The number of sulfone groups is 1. The Hall–Kier alpha value is -3.17. The van der Waals surface area contributed by atoms with E-state index in [2.05, 4.69) is 0 Å². The van der Waals surface area contributed by atoms with Gasteiger partial charge in [-0.3, -0.25) is 4.79 Å². The first-order valence-corrected chi connectivity index (χ1v) is 13.5. The molecule has 1 aliphatic rings. The average Bonchev–Trinajstić information content (AvgIpc) is 2.90. The minimum atomic E-state index is -4.04. The normalized spacial score (nSPS) is 15.4. The lowest BCUT2D eigenvalue weighted by atomic mass is 10.1. The maximum absolute atomic E-state index is 13.2. The first-order chi connectivity index (χ1) is 15.6. The Morgan fingerprint density at radius 2 is 1.67 bits per heavy atom. The number of nitrogens with zero attached hydrogens (tertiary/aromatic N) is 1. The second-order valence-corrected chi connectivity index (χ2v) is 11.7. The molecule has 0 saturated heterocycles. The Morgan fingerprint density at radius 3 is 2.39 bits per heavy atom. The number of anilines is 1. The molecule has 0 atom stereocenters. The number of rotatable bonds is 4. The quantitative estimate of drug-likeness (QED) is 0.523. The molecule has 172 valence electrons. The van der Waals surface area contributed by atoms with E-state index in [-0.39, 0.29) is 34.6 Å². The van der Waals surface area contributed by atoms with Gasteiger partial charge in [0.2, 0.25) is 0 Å². The van der Waals surface area contributed by atoms with Crippen molar-refractivity contribution < 1.29 is 25.8 Å². The van der Waals surface area contributed by atoms with E-state index in [1.54, 1.807) is 50.2 Å². The van der Waals surface area contributed by atoms with E-state index >= 15 is 0 Å². The van der Waals surface area contributed by atoms with Gasteiger partial charge in [0.25, 0.3) is 5.91 Å². The maximum atomic E-state index is 13.2. The molecule has 3 aromatic rings. The molecular weight excluding hydrogens is 462 g/mol. The highest BCUT2D eigenvalue weighted by Gasteiger charge is 2.28. The van der Waals surface area contributed by atoms with Gasteiger partial charge >= 0.3 is 10.1 Å². The molecule has 0 N–H and O–H groups in total. The Morgan fingerprint density at radius 1 is 0.970 bits per heavy atom. The summed E-state index contributed by atoms with van der Waals surface area (Å²) in [5, 5.41) is 0. The van der Waals surface area contributed by atoms with Crippen LogP contribution in [0.3, 0.4) is 0 Å². The summed E-state index contributed by atoms with van der Waals surface area (Å²) in [6.07, 6.45) is 0. The number of aryl methyl sites for hydroxylation is 2. The standard InChI is InChI=1S/C24H23NO6S2/c1-17-7-8-18(2)23(15-17)33(29,30)31-21-11-9-19(10-12-21)24(26)25-13-14-32(27,28)16-20-5-3-4-6-22(20)25/h3-12,15H,13-14,16H2,1-2H3. The molecule has 33 heavy (non-hydrogen) atoms. The van der Waals surface area contributed by atoms with Gasteiger partial charge in [0.1, 0.15) is 10.6 Å². The van der Waals surface area contributed by atoms with Crippen LogP contribution in [0.25, 0.3) is 0 Å². The minimum absolute atomic E-state index is 0.0391. The van der Waals surface area contributed by atoms with Crippen molar-refractivity contribution in [3.05, 3.63) is 89.0 Å². The fraction of sp³-hybridized carbons (Fsp3) is 0.208. The third kappa shape index (κ3) is 4.94. The van der Waals surface area contributed by atoms with Crippen molar-refractivity contribution in [2.24, 2.45) is 0 Å². The molecule has 0 fully saturated rings. The topological polar surface area (TPSA) is 97.8 Å². The van der Waals surface area contributed by atoms with E-state index in [9.17, 15) is 21.6 Å². The highest BCUT2D eigenvalue weighted by atomic mass is 32.2. The van der Waals surface area contributed by atoms with Gasteiger partial charge in [0.05, 0.1) is 11.5 Å². The summed E-state index contributed by atoms with van der Waals surface area (Å²) in [4.78, 5) is 14.7. The van der Waals surface area contributed by atoms with Gasteiger partial charge in [0, 0.05) is 17.8 Å². The van der Waals surface area contributed by atoms with Crippen LogP contribution >= 0.6 is 0 Å². The number of fused-ring (bicyclic) bond motifs is 1. The molecule has 4 rings (SSSR count). The number of hydrogen-bond acceptors (Lipinski definition) is 6. The molecule has 3 aromatic carbocycles. The SMILES string of the molecule is Cc1ccc(C)c(S(=O)(=O)Oc2ccc(C(=O)N3CCS(=O)(=O)Cc4ccccc43)cc2)c1. The summed E-state index contributed by atoms with van der Waals surface area (Å²) in [6.45, 7) is 3.53. The van der Waals surface area contributed by atoms with Crippen molar-refractivity contribution in [2.75, 3.05) is 17.2 Å². The van der Waals surface area contributed by atoms with Gasteiger partial charge in [-0.2, -0.15) is 8.42 Å². The summed E-state index contributed by atoms with van der Waals surface area (Å²) in [6, 6.07) is 17.8. The van der Waals surface area contributed by atoms with Crippen LogP contribution in [-0.4, -0.2) is 35.0 Å². The first-order valence-electron chi connectivity index (χ1n) is 10.3. The van der Waals surface area contributed by atoms with Gasteiger partial charge < -0.3 is 9.08 Å². The lowest BCUT2D eigenvalue weighted by Gasteiger charge is -2.22. The van der Waals surface area contributed by atoms with Crippen molar-refractivity contribution in [1.29, 1.82) is 0 Å². The summed E-state index contributed by atoms with van der Waals surface area (Å²) < 4.78 is 55.3. The molecule has 1 heterocycles. The predicted octanol–water partition coefficient (Wildman–Crippen LogP) is 3.65. The molecule has 7 nitrogen and oxygen atoms in total. The summed E-state index contributed by atoms with van der Waals surface area (Å²) in [5.74, 6) is -0.548. The molecule has 0 bridgehead atoms. The van der Waals surface area contributed by atoms with Crippen LogP contribution in [0, 0.1) is 13.8 Å². The van der Waals surface area contributed by atoms with Gasteiger partial charge in [-0.1, -0.05) is 30.3 Å². The molecule has 1 amide bonds. The first kappa shape index (κ1) is 23.0. The summed E-state index contributed by atoms with van der Waals surface area (Å²) in [7, 11) is -7.36. The largest absolute Gasteiger partial charge is 0.379 e. The number of carbonyl (C=O) groups is 1. The summed E-state index contributed by atoms with van der Waals surface area (Å²) >= 11 is 0. The predicted molar refractivity (Wildman–Crippen MR) is 126 cm³/mol. The Labute approximate surface area is 193 Å². The fourth-order valence-corrected chi connectivity index (χ4v) is 6.29. The number of amides is 1. The molecule has 0 saturated carbocycles. The molecule has 1 aliphatic heterocycles. The van der Waals surface area contributed by atoms with E-state index in [1.165, 1.54) is 29.2 Å². The molecule has 0 radical (unpaired) electrons. The lowest BCUT2D eigenvalue weighted by molar-refractivity contribution is 0.0988. The second kappa shape index (κ2) is 8.64. The molecule has 0 unspecified atom stereocenters. The second-order valence-electron chi connectivity index (χ2n) is 8.01. The molecule has 0 spiro atoms. The Balaban J connectivity index is 1.59. The highest BCUT2D eigenvalue weighted by Crippen LogP contribution is 2.28. The maximum Gasteiger partial charge on any atom is 0.339 e. The van der Waals surface area contributed by atoms with E-state index in [1.807, 2.05) is 6.07 Å². The summed E-state index contributed by atoms with van der Waals surface area (Å²) in [5.41, 5.74) is 2.79. The van der Waals surface area contributed by atoms with Crippen LogP contribution in [0.2, 0.25) is 0 Å². The van der Waals surface area contributed by atoms with Crippen molar-refractivity contribution >= 4 is 31.5 Å². The van der Waals surface area contributed by atoms with Crippen LogP contribution < -0.4 is 9.08 Å². The minimum Gasteiger partial charge on any atom is -0.379 e. The number of carbonyl (C=O) groups excluding carboxylic acids is 1. The third-order valence-corrected chi connectivity index (χ3v) is 8.39. The highest BCUT2D eigenvalue weighted by molar-refractivity contribution is 7.90. The molecule has 0 aliphatic carbocycles. The van der Waals surface area contributed by atoms with E-state index in [4.69, 9.17) is 4.18 Å². The van der Waals surface area contributed by atoms with Crippen molar-refractivity contribution in [3.63, 3.8) is 0 Å². The molecular formula is C24H23NO6S2. The van der Waals surface area contributed by atoms with Crippen molar-refractivity contribution in [2.45, 2.75) is 24.5 Å². The van der Waals surface area contributed by atoms with Gasteiger partial charge in [0.15, 0.2) is 9.84 Å². The van der Waals surface area contributed by atoms with Crippen molar-refractivity contribution in [1.82, 2.24) is 0 Å². The third-order valence-electron chi connectivity index (χ3n) is 5.45. The van der Waals surface area contributed by atoms with E-state index < -0.39 is 20.0 Å². The Bertz CT molecular complexity index is 1430. The van der Waals surface area contributed by atoms with Gasteiger partial charge in [-0.15, -0.1) is 0 Å². The van der Waals surface area contributed by atoms with Crippen molar-refractivity contribution in [3.8, 4) is 5.75 Å². The fourth-order valence-electron chi connectivity index (χ4n) is 3.72. The molecule has 9 heteroatoms. The zero-order valence-corrected chi connectivity index (χ0v) is 19.8. The Kier molecular flexibility index (Phi) is 6.02. The van der Waals surface area contributed by atoms with E-state index in [0.29, 0.717) is 22.4 Å².